The van der Waals surface area contributed by atoms with E-state index in [2.05, 4.69) is 0 Å². The van der Waals surface area contributed by atoms with Crippen LogP contribution in [-0.4, -0.2) is 23.5 Å². The molecule has 1 unspecified atom stereocenters. The van der Waals surface area contributed by atoms with E-state index in [9.17, 15) is 4.79 Å². The summed E-state index contributed by atoms with van der Waals surface area (Å²) in [7, 11) is 0. The predicted molar refractivity (Wildman–Crippen MR) is 51.5 cm³/mol. The monoisotopic (exact) mass is 215 g/mol. The van der Waals surface area contributed by atoms with Crippen molar-refractivity contribution in [1.29, 1.82) is 0 Å². The zero-order valence-corrected chi connectivity index (χ0v) is 9.02. The van der Waals surface area contributed by atoms with Crippen LogP contribution in [0.25, 0.3) is 0 Å². The summed E-state index contributed by atoms with van der Waals surface area (Å²) in [6.07, 6.45) is -0.0662. The molecule has 0 saturated heterocycles. The van der Waals surface area contributed by atoms with Gasteiger partial charge in [-0.05, 0) is 20.8 Å². The number of ether oxygens (including phenoxy) is 1. The Kier molecular flexibility index (Phi) is 11.0. The summed E-state index contributed by atoms with van der Waals surface area (Å²) in [5, 5.41) is 0.194. The van der Waals surface area contributed by atoms with Crippen LogP contribution in [0.1, 0.15) is 20.8 Å². The van der Waals surface area contributed by atoms with Crippen LogP contribution >= 0.6 is 23.2 Å². The Balaban J connectivity index is 0. The van der Waals surface area contributed by atoms with E-state index in [0.29, 0.717) is 0 Å². The maximum absolute atomic E-state index is 10.6. The zero-order valence-electron chi connectivity index (χ0n) is 7.51. The molecule has 0 spiro atoms. The van der Waals surface area contributed by atoms with E-state index in [1.54, 1.807) is 20.8 Å². The normalized spacial score (nSPS) is 11.6. The van der Waals surface area contributed by atoms with Crippen LogP contribution in [0, 0.1) is 0 Å². The maximum Gasteiger partial charge on any atom is 0.322 e. The van der Waals surface area contributed by atoms with Crippen molar-refractivity contribution in [3.05, 3.63) is 0 Å². The predicted octanol–water partition coefficient (Wildman–Crippen LogP) is 1.71. The summed E-state index contributed by atoms with van der Waals surface area (Å²) in [5.41, 5.74) is 5.21. The molecule has 5 heteroatoms. The largest absolute Gasteiger partial charge is 0.462 e. The number of alkyl halides is 2. The molecule has 0 rings (SSSR count). The molecule has 0 fully saturated rings. The van der Waals surface area contributed by atoms with Crippen LogP contribution in [0.15, 0.2) is 0 Å². The molecule has 0 heterocycles. The minimum Gasteiger partial charge on any atom is -0.462 e. The van der Waals surface area contributed by atoms with Gasteiger partial charge in [-0.2, -0.15) is 0 Å². The first-order chi connectivity index (χ1) is 5.45. The van der Waals surface area contributed by atoms with Gasteiger partial charge in [0.25, 0.3) is 0 Å². The number of rotatable bonds is 2. The molecular formula is C7H15Cl2NO2. The highest BCUT2D eigenvalue weighted by atomic mass is 35.5. The van der Waals surface area contributed by atoms with Crippen molar-refractivity contribution >= 4 is 29.2 Å². The molecule has 2 N–H and O–H groups in total. The van der Waals surface area contributed by atoms with Gasteiger partial charge < -0.3 is 10.5 Å². The fourth-order valence-electron chi connectivity index (χ4n) is 0.340. The summed E-state index contributed by atoms with van der Waals surface area (Å²) < 4.78 is 4.75. The van der Waals surface area contributed by atoms with Gasteiger partial charge in [0.2, 0.25) is 0 Å². The first-order valence-corrected chi connectivity index (χ1v) is 4.60. The smallest absolute Gasteiger partial charge is 0.322 e. The Morgan fingerprint density at radius 1 is 1.42 bits per heavy atom. The second-order valence-electron chi connectivity index (χ2n) is 2.38. The molecule has 12 heavy (non-hydrogen) atoms. The fourth-order valence-corrected chi connectivity index (χ4v) is 0.340. The van der Waals surface area contributed by atoms with E-state index in [4.69, 9.17) is 33.7 Å². The average Bonchev–Trinajstić information content (AvgIpc) is 1.87. The lowest BCUT2D eigenvalue weighted by Crippen LogP contribution is -2.30. The lowest BCUT2D eigenvalue weighted by Gasteiger charge is -2.08. The molecule has 0 aliphatic heterocycles. The number of halogens is 2. The highest BCUT2D eigenvalue weighted by Gasteiger charge is 2.09. The number of hydrogen-bond donors (Lipinski definition) is 1. The molecule has 0 aliphatic carbocycles. The lowest BCUT2D eigenvalue weighted by molar-refractivity contribution is -0.148. The van der Waals surface area contributed by atoms with Gasteiger partial charge in [0.05, 0.1) is 11.4 Å². The Morgan fingerprint density at radius 3 is 1.83 bits per heavy atom. The van der Waals surface area contributed by atoms with E-state index in [0.717, 1.165) is 0 Å². The summed E-state index contributed by atoms with van der Waals surface area (Å²) >= 11 is 9.53. The molecule has 0 aromatic heterocycles. The molecule has 0 aromatic carbocycles. The third-order valence-corrected chi connectivity index (χ3v) is 0.724. The van der Waals surface area contributed by atoms with E-state index >= 15 is 0 Å². The maximum atomic E-state index is 10.6. The second kappa shape index (κ2) is 9.10. The van der Waals surface area contributed by atoms with Gasteiger partial charge in [-0.25, -0.2) is 0 Å². The first-order valence-electron chi connectivity index (χ1n) is 3.53. The van der Waals surface area contributed by atoms with Crippen molar-refractivity contribution in [3.8, 4) is 0 Å². The minimum atomic E-state index is -0.507. The van der Waals surface area contributed by atoms with Crippen molar-refractivity contribution in [2.45, 2.75) is 32.9 Å². The lowest BCUT2D eigenvalue weighted by atomic mass is 10.4. The SMILES string of the molecule is CC(C)OC(=O)C(C)N.ClCCl. The van der Waals surface area contributed by atoms with Crippen molar-refractivity contribution < 1.29 is 9.53 Å². The van der Waals surface area contributed by atoms with Gasteiger partial charge in [-0.1, -0.05) is 0 Å². The molecule has 0 aromatic rings. The number of hydrogen-bond acceptors (Lipinski definition) is 3. The summed E-state index contributed by atoms with van der Waals surface area (Å²) in [6.45, 7) is 5.19. The van der Waals surface area contributed by atoms with Crippen LogP contribution < -0.4 is 5.73 Å². The molecule has 1 atom stereocenters. The average molecular weight is 216 g/mol. The van der Waals surface area contributed by atoms with Crippen LogP contribution in [0.4, 0.5) is 0 Å². The van der Waals surface area contributed by atoms with Crippen LogP contribution in [0.5, 0.6) is 0 Å². The van der Waals surface area contributed by atoms with Gasteiger partial charge in [0.1, 0.15) is 6.04 Å². The Hall–Kier alpha value is 0.01000. The van der Waals surface area contributed by atoms with E-state index in [-0.39, 0.29) is 17.4 Å². The van der Waals surface area contributed by atoms with Gasteiger partial charge in [-0.3, -0.25) is 4.79 Å². The quantitative estimate of drug-likeness (QED) is 0.564. The molecule has 0 bridgehead atoms. The highest BCUT2D eigenvalue weighted by Crippen LogP contribution is 1.90. The van der Waals surface area contributed by atoms with Crippen molar-refractivity contribution in [2.75, 3.05) is 5.34 Å². The van der Waals surface area contributed by atoms with Gasteiger partial charge in [0, 0.05) is 0 Å². The van der Waals surface area contributed by atoms with E-state index < -0.39 is 6.04 Å². The topological polar surface area (TPSA) is 52.3 Å². The molecule has 0 saturated carbocycles. The highest BCUT2D eigenvalue weighted by molar-refractivity contribution is 6.40. The number of esters is 1. The van der Waals surface area contributed by atoms with Gasteiger partial charge >= 0.3 is 5.97 Å². The second-order valence-corrected chi connectivity index (χ2v) is 3.18. The number of nitrogens with two attached hydrogens (primary N) is 1. The van der Waals surface area contributed by atoms with Crippen LogP contribution in [0.2, 0.25) is 0 Å². The van der Waals surface area contributed by atoms with Gasteiger partial charge in [-0.15, -0.1) is 23.2 Å². The van der Waals surface area contributed by atoms with Crippen LogP contribution in [0.3, 0.4) is 0 Å². The molecular weight excluding hydrogens is 201 g/mol. The van der Waals surface area contributed by atoms with Crippen molar-refractivity contribution in [3.63, 3.8) is 0 Å². The summed E-state index contributed by atoms with van der Waals surface area (Å²) in [4.78, 5) is 10.6. The minimum absolute atomic E-state index is 0.0662. The zero-order chi connectivity index (χ0) is 10.1. The molecule has 0 radical (unpaired) electrons. The van der Waals surface area contributed by atoms with Gasteiger partial charge in [0.15, 0.2) is 0 Å². The van der Waals surface area contributed by atoms with Crippen molar-refractivity contribution in [1.82, 2.24) is 0 Å². The van der Waals surface area contributed by atoms with E-state index in [1.165, 1.54) is 0 Å². The number of carbonyl (C=O) groups excluding carboxylic acids is 1. The molecule has 0 aliphatic rings. The molecule has 0 amide bonds. The van der Waals surface area contributed by atoms with Crippen molar-refractivity contribution in [2.24, 2.45) is 5.73 Å². The first kappa shape index (κ1) is 14.5. The number of carbonyl (C=O) groups is 1. The molecule has 74 valence electrons. The summed E-state index contributed by atoms with van der Waals surface area (Å²) in [6, 6.07) is -0.507. The Labute approximate surface area is 83.2 Å². The van der Waals surface area contributed by atoms with E-state index in [1.807, 2.05) is 0 Å². The third-order valence-electron chi connectivity index (χ3n) is 0.724. The molecule has 3 nitrogen and oxygen atoms in total. The Morgan fingerprint density at radius 2 is 1.75 bits per heavy atom. The van der Waals surface area contributed by atoms with Crippen LogP contribution in [-0.2, 0) is 9.53 Å². The summed E-state index contributed by atoms with van der Waals surface area (Å²) in [5.74, 6) is -0.343. The standard InChI is InChI=1S/C6H13NO2.CH2Cl2/c1-4(2)9-6(8)5(3)7;2-1-3/h4-5H,7H2,1-3H3;1H2. The third kappa shape index (κ3) is 12.7. The Bertz CT molecular complexity index is 118. The fraction of sp³-hybridized carbons (Fsp3) is 0.857.